The van der Waals surface area contributed by atoms with E-state index in [4.69, 9.17) is 4.74 Å². The summed E-state index contributed by atoms with van der Waals surface area (Å²) in [5.74, 6) is -2.44. The van der Waals surface area contributed by atoms with E-state index in [1.54, 1.807) is 79.9 Å². The number of ether oxygens (including phenoxy) is 1. The van der Waals surface area contributed by atoms with Gasteiger partial charge in [-0.1, -0.05) is 48.6 Å². The van der Waals surface area contributed by atoms with E-state index in [-0.39, 0.29) is 23.2 Å². The lowest BCUT2D eigenvalue weighted by Gasteiger charge is -2.28. The van der Waals surface area contributed by atoms with Gasteiger partial charge in [0.05, 0.1) is 11.8 Å². The maximum Gasteiger partial charge on any atom is 0.335 e. The second kappa shape index (κ2) is 12.7. The lowest BCUT2D eigenvalue weighted by atomic mass is 9.81. The number of rotatable bonds is 7. The van der Waals surface area contributed by atoms with Gasteiger partial charge in [-0.2, -0.15) is 0 Å². The molecule has 1 aliphatic carbocycles. The van der Waals surface area contributed by atoms with Gasteiger partial charge in [-0.05, 0) is 79.5 Å². The summed E-state index contributed by atoms with van der Waals surface area (Å²) in [5, 5.41) is 15.5. The van der Waals surface area contributed by atoms with Crippen LogP contribution in [-0.4, -0.2) is 40.6 Å². The van der Waals surface area contributed by atoms with Crippen LogP contribution in [0.25, 0.3) is 11.8 Å². The van der Waals surface area contributed by atoms with Crippen LogP contribution in [0.1, 0.15) is 31.2 Å². The molecule has 0 atom stereocenters. The van der Waals surface area contributed by atoms with Crippen LogP contribution in [-0.2, 0) is 14.3 Å². The van der Waals surface area contributed by atoms with Crippen LogP contribution in [0.4, 0.5) is 10.5 Å². The number of allylic oxidation sites excluding steroid dienone is 4. The Bertz CT molecular complexity index is 1750. The topological polar surface area (TPSA) is 154 Å². The molecule has 1 saturated heterocycles. The first-order chi connectivity index (χ1) is 20.8. The maximum absolute atomic E-state index is 13.3. The maximum atomic E-state index is 13.3. The van der Waals surface area contributed by atoms with E-state index in [9.17, 15) is 29.1 Å². The third kappa shape index (κ3) is 6.16. The number of anilines is 1. The predicted octanol–water partition coefficient (Wildman–Crippen LogP) is 2.95. The fourth-order valence-corrected chi connectivity index (χ4v) is 5.30. The number of aromatic nitrogens is 2. The Labute approximate surface area is 246 Å². The summed E-state index contributed by atoms with van der Waals surface area (Å²) >= 11 is 0. The summed E-state index contributed by atoms with van der Waals surface area (Å²) in [4.78, 5) is 66.8. The van der Waals surface area contributed by atoms with E-state index < -0.39 is 35.0 Å². The van der Waals surface area contributed by atoms with E-state index in [1.807, 2.05) is 0 Å². The molecule has 0 unspecified atom stereocenters. The molecule has 1 aliphatic heterocycles. The Balaban J connectivity index is 1.54. The number of hydrogen-bond acceptors (Lipinski definition) is 7. The summed E-state index contributed by atoms with van der Waals surface area (Å²) in [7, 11) is 1.66. The number of H-pyrrole nitrogens is 1. The number of methoxy groups -OCH3 is 1. The molecular weight excluding hydrogens is 552 g/mol. The molecule has 4 amide bonds. The number of urea groups is 1. The van der Waals surface area contributed by atoms with Crippen molar-refractivity contribution in [1.29, 1.82) is 0 Å². The fraction of sp³-hybridized carbons (Fsp3) is 0.219. The van der Waals surface area contributed by atoms with Crippen molar-refractivity contribution in [3.05, 3.63) is 116 Å². The molecule has 0 bridgehead atoms. The van der Waals surface area contributed by atoms with Gasteiger partial charge in [-0.3, -0.25) is 29.3 Å². The van der Waals surface area contributed by atoms with Gasteiger partial charge >= 0.3 is 11.7 Å². The minimum absolute atomic E-state index is 0.0395. The van der Waals surface area contributed by atoms with Crippen molar-refractivity contribution in [3.8, 4) is 11.6 Å². The smallest absolute Gasteiger partial charge is 0.335 e. The van der Waals surface area contributed by atoms with E-state index in [0.29, 0.717) is 16.9 Å². The van der Waals surface area contributed by atoms with Crippen molar-refractivity contribution in [3.63, 3.8) is 0 Å². The van der Waals surface area contributed by atoms with Crippen molar-refractivity contribution in [1.82, 2.24) is 14.9 Å². The van der Waals surface area contributed by atoms with E-state index in [1.165, 1.54) is 12.2 Å². The molecule has 3 aromatic rings. The fourth-order valence-electron chi connectivity index (χ4n) is 5.30. The molecular formula is C32H29N4O7-. The number of nitrogens with zero attached hydrogens (tertiary/aromatic N) is 2. The van der Waals surface area contributed by atoms with Crippen molar-refractivity contribution in [2.45, 2.75) is 31.8 Å². The van der Waals surface area contributed by atoms with Crippen LogP contribution in [0.5, 0.6) is 5.88 Å². The number of nitrogens with one attached hydrogen (secondary N) is 2. The van der Waals surface area contributed by atoms with Gasteiger partial charge in [-0.15, -0.1) is 0 Å². The highest BCUT2D eigenvalue weighted by molar-refractivity contribution is 6.37. The molecule has 220 valence electrons. The number of carbonyl (C=O) groups excluding carboxylic acids is 3. The van der Waals surface area contributed by atoms with Gasteiger partial charge in [-0.25, -0.2) is 14.5 Å². The second-order valence-electron chi connectivity index (χ2n) is 10.2. The second-order valence-corrected chi connectivity index (χ2v) is 10.2. The van der Waals surface area contributed by atoms with Gasteiger partial charge in [0.15, 0.2) is 0 Å². The van der Waals surface area contributed by atoms with Crippen LogP contribution in [0, 0.1) is 5.92 Å². The molecule has 43 heavy (non-hydrogen) atoms. The van der Waals surface area contributed by atoms with Crippen molar-refractivity contribution < 1.29 is 24.2 Å². The number of para-hydroxylation sites is 2. The molecule has 2 fully saturated rings. The van der Waals surface area contributed by atoms with E-state index >= 15 is 0 Å². The lowest BCUT2D eigenvalue weighted by Crippen LogP contribution is -2.54. The highest BCUT2D eigenvalue weighted by Crippen LogP contribution is 2.33. The average Bonchev–Trinajstić information content (AvgIpc) is 3.00. The minimum Gasteiger partial charge on any atom is -0.859 e. The molecule has 2 heterocycles. The van der Waals surface area contributed by atoms with Crippen LogP contribution >= 0.6 is 0 Å². The van der Waals surface area contributed by atoms with Crippen LogP contribution in [0.2, 0.25) is 0 Å². The molecule has 1 aromatic heterocycles. The number of aromatic amines is 1. The molecule has 2 N–H and O–H groups in total. The van der Waals surface area contributed by atoms with Crippen molar-refractivity contribution in [2.24, 2.45) is 5.92 Å². The lowest BCUT2D eigenvalue weighted by molar-refractivity contribution is -0.278. The zero-order valence-electron chi connectivity index (χ0n) is 23.3. The molecule has 1 saturated carbocycles. The zero-order valence-corrected chi connectivity index (χ0v) is 23.3. The summed E-state index contributed by atoms with van der Waals surface area (Å²) in [5.41, 5.74) is -0.918. The largest absolute Gasteiger partial charge is 0.859 e. The third-order valence-electron chi connectivity index (χ3n) is 7.60. The number of amides is 4. The normalized spacial score (nSPS) is 20.6. The minimum atomic E-state index is -0.851. The first kappa shape index (κ1) is 29.2. The Morgan fingerprint density at radius 1 is 0.907 bits per heavy atom. The van der Waals surface area contributed by atoms with E-state index in [2.05, 4.69) is 10.3 Å². The molecule has 5 rings (SSSR count). The highest BCUT2D eigenvalue weighted by Gasteiger charge is 2.36. The first-order valence-electron chi connectivity index (χ1n) is 13.8. The van der Waals surface area contributed by atoms with Crippen molar-refractivity contribution in [2.75, 3.05) is 12.0 Å². The average molecular weight is 582 g/mol. The van der Waals surface area contributed by atoms with Gasteiger partial charge in [0.25, 0.3) is 17.4 Å². The van der Waals surface area contributed by atoms with Crippen LogP contribution in [0.15, 0.2) is 99.6 Å². The summed E-state index contributed by atoms with van der Waals surface area (Å²) < 4.78 is 6.38. The number of hydrogen-bond donors (Lipinski definition) is 2. The third-order valence-corrected chi connectivity index (χ3v) is 7.60. The predicted molar refractivity (Wildman–Crippen MR) is 158 cm³/mol. The van der Waals surface area contributed by atoms with Crippen LogP contribution < -0.4 is 26.6 Å². The standard InChI is InChI=1S/C32H30N4O7/c1-43-24-16-12-20(13-17-24)21(14-18-25-27(37)33-31(41)35(29(25)39)22-8-4-2-5-9-22)15-19-26-28(38)34-32(42)36(30(26)40)23-10-6-3-7-11-23/h2-11,14-15,18-20,24,39H,12-13,16-17H2,1H3,(H,33,37,41)(H,34,38,42)/p-1. The molecule has 11 nitrogen and oxygen atoms in total. The Morgan fingerprint density at radius 3 is 2.16 bits per heavy atom. The van der Waals surface area contributed by atoms with Crippen LogP contribution in [0.3, 0.4) is 0 Å². The Hall–Kier alpha value is -5.29. The summed E-state index contributed by atoms with van der Waals surface area (Å²) in [6.07, 6.45) is 8.94. The quantitative estimate of drug-likeness (QED) is 0.247. The molecule has 2 aromatic carbocycles. The number of barbiturate groups is 1. The molecule has 0 spiro atoms. The SMILES string of the molecule is COC1CCC(C(C=Cc2c([O-])n(-c3ccccc3)c(=O)[nH]c2=O)=CC=C2C(=O)NC(=O)N(c3ccccc3)C2=O)CC1. The van der Waals surface area contributed by atoms with E-state index in [0.717, 1.165) is 35.2 Å². The molecule has 11 heteroatoms. The van der Waals surface area contributed by atoms with Gasteiger partial charge in [0, 0.05) is 18.4 Å². The number of carbonyl (C=O) groups is 3. The summed E-state index contributed by atoms with van der Waals surface area (Å²) in [6.45, 7) is 0. The summed E-state index contributed by atoms with van der Waals surface area (Å²) in [6, 6.07) is 15.6. The molecule has 0 radical (unpaired) electrons. The van der Waals surface area contributed by atoms with Gasteiger partial charge < -0.3 is 9.84 Å². The van der Waals surface area contributed by atoms with Gasteiger partial charge in [0.2, 0.25) is 0 Å². The van der Waals surface area contributed by atoms with Crippen molar-refractivity contribution >= 4 is 29.6 Å². The first-order valence-corrected chi connectivity index (χ1v) is 13.8. The number of benzene rings is 2. The Morgan fingerprint density at radius 2 is 1.53 bits per heavy atom. The molecule has 2 aliphatic rings. The monoisotopic (exact) mass is 581 g/mol. The Kier molecular flexibility index (Phi) is 8.63. The zero-order chi connectivity index (χ0) is 30.5. The number of imide groups is 2. The highest BCUT2D eigenvalue weighted by atomic mass is 16.5. The van der Waals surface area contributed by atoms with Gasteiger partial charge in [0.1, 0.15) is 5.57 Å².